The Morgan fingerprint density at radius 2 is 1.54 bits per heavy atom. The molecule has 2 amide bonds. The van der Waals surface area contributed by atoms with Gasteiger partial charge >= 0.3 is 0 Å². The predicted molar refractivity (Wildman–Crippen MR) is 93.8 cm³/mol. The Kier molecular flexibility index (Phi) is 4.30. The smallest absolute Gasteiger partial charge is 0.230 e. The number of amides is 2. The van der Waals surface area contributed by atoms with Crippen LogP contribution < -0.4 is 4.90 Å². The first kappa shape index (κ1) is 15.7. The van der Waals surface area contributed by atoms with E-state index in [1.807, 2.05) is 28.0 Å². The third-order valence-electron chi connectivity index (χ3n) is 5.72. The topological polar surface area (TPSA) is 40.6 Å². The van der Waals surface area contributed by atoms with Crippen LogP contribution in [-0.4, -0.2) is 36.3 Å². The van der Waals surface area contributed by atoms with E-state index in [-0.39, 0.29) is 23.7 Å². The number of anilines is 1. The van der Waals surface area contributed by atoms with Gasteiger partial charge in [-0.1, -0.05) is 31.0 Å². The van der Waals surface area contributed by atoms with Crippen molar-refractivity contribution in [2.45, 2.75) is 44.9 Å². The van der Waals surface area contributed by atoms with Crippen LogP contribution in [0.4, 0.5) is 5.69 Å². The third-order valence-corrected chi connectivity index (χ3v) is 5.72. The van der Waals surface area contributed by atoms with Gasteiger partial charge in [-0.3, -0.25) is 9.59 Å². The van der Waals surface area contributed by atoms with Gasteiger partial charge in [-0.05, 0) is 43.7 Å². The van der Waals surface area contributed by atoms with Crippen LogP contribution in [0, 0.1) is 11.8 Å². The van der Waals surface area contributed by atoms with Gasteiger partial charge < -0.3 is 9.80 Å². The molecule has 0 bridgehead atoms. The van der Waals surface area contributed by atoms with Crippen molar-refractivity contribution in [3.63, 3.8) is 0 Å². The van der Waals surface area contributed by atoms with Gasteiger partial charge in [0.25, 0.3) is 0 Å². The molecule has 2 unspecified atom stereocenters. The maximum atomic E-state index is 12.9. The minimum absolute atomic E-state index is 0.0651. The zero-order valence-electron chi connectivity index (χ0n) is 14.2. The molecule has 0 aromatic heterocycles. The molecule has 128 valence electrons. The van der Waals surface area contributed by atoms with Gasteiger partial charge in [-0.2, -0.15) is 0 Å². The first-order valence-corrected chi connectivity index (χ1v) is 9.44. The van der Waals surface area contributed by atoms with Crippen LogP contribution in [0.5, 0.6) is 0 Å². The van der Waals surface area contributed by atoms with Crippen molar-refractivity contribution in [2.75, 3.05) is 24.5 Å². The first-order valence-electron chi connectivity index (χ1n) is 9.44. The lowest BCUT2D eigenvalue weighted by Gasteiger charge is -2.30. The van der Waals surface area contributed by atoms with Gasteiger partial charge in [-0.25, -0.2) is 0 Å². The van der Waals surface area contributed by atoms with Crippen molar-refractivity contribution < 1.29 is 9.59 Å². The minimum atomic E-state index is -0.0908. The van der Waals surface area contributed by atoms with Crippen LogP contribution in [0.15, 0.2) is 24.3 Å². The molecular weight excluding hydrogens is 300 g/mol. The highest BCUT2D eigenvalue weighted by atomic mass is 16.2. The zero-order valence-corrected chi connectivity index (χ0v) is 14.2. The van der Waals surface area contributed by atoms with Gasteiger partial charge in [0.05, 0.1) is 11.8 Å². The second-order valence-electron chi connectivity index (χ2n) is 7.41. The van der Waals surface area contributed by atoms with E-state index in [9.17, 15) is 9.59 Å². The van der Waals surface area contributed by atoms with Crippen molar-refractivity contribution in [3.05, 3.63) is 29.8 Å². The van der Waals surface area contributed by atoms with E-state index in [4.69, 9.17) is 0 Å². The number of carbonyl (C=O) groups is 2. The van der Waals surface area contributed by atoms with Gasteiger partial charge in [0.15, 0.2) is 0 Å². The number of hydrogen-bond acceptors (Lipinski definition) is 2. The lowest BCUT2D eigenvalue weighted by Crippen LogP contribution is -2.39. The average Bonchev–Trinajstić information content (AvgIpc) is 3.44. The van der Waals surface area contributed by atoms with Crippen LogP contribution in [0.25, 0.3) is 0 Å². The number of rotatable bonds is 2. The molecule has 0 radical (unpaired) electrons. The van der Waals surface area contributed by atoms with Crippen LogP contribution in [0.2, 0.25) is 0 Å². The Bertz CT molecular complexity index is 634. The Balaban J connectivity index is 1.43. The van der Waals surface area contributed by atoms with Gasteiger partial charge in [-0.15, -0.1) is 0 Å². The molecule has 0 spiro atoms. The fraction of sp³-hybridized carbons (Fsp3) is 0.600. The second-order valence-corrected chi connectivity index (χ2v) is 7.41. The Hall–Kier alpha value is -1.84. The van der Waals surface area contributed by atoms with Crippen molar-refractivity contribution in [2.24, 2.45) is 11.8 Å². The van der Waals surface area contributed by atoms with Crippen LogP contribution >= 0.6 is 0 Å². The maximum absolute atomic E-state index is 12.9. The summed E-state index contributed by atoms with van der Waals surface area (Å²) in [5, 5.41) is 0. The quantitative estimate of drug-likeness (QED) is 0.838. The molecule has 24 heavy (non-hydrogen) atoms. The van der Waals surface area contributed by atoms with E-state index in [1.165, 1.54) is 18.4 Å². The fourth-order valence-corrected chi connectivity index (χ4v) is 4.23. The van der Waals surface area contributed by atoms with Gasteiger partial charge in [0.1, 0.15) is 0 Å². The molecule has 1 saturated carbocycles. The van der Waals surface area contributed by atoms with Crippen molar-refractivity contribution in [3.8, 4) is 0 Å². The Labute approximate surface area is 143 Å². The average molecular weight is 326 g/mol. The van der Waals surface area contributed by atoms with E-state index in [2.05, 4.69) is 6.07 Å². The number of benzene rings is 1. The highest BCUT2D eigenvalue weighted by Crippen LogP contribution is 2.43. The summed E-state index contributed by atoms with van der Waals surface area (Å²) in [6.45, 7) is 2.54. The van der Waals surface area contributed by atoms with Crippen molar-refractivity contribution in [1.29, 1.82) is 0 Å². The van der Waals surface area contributed by atoms with Crippen LogP contribution in [0.3, 0.4) is 0 Å². The predicted octanol–water partition coefficient (Wildman–Crippen LogP) is 3.00. The summed E-state index contributed by atoms with van der Waals surface area (Å²) in [7, 11) is 0. The van der Waals surface area contributed by atoms with E-state index in [0.717, 1.165) is 57.4 Å². The molecule has 4 heteroatoms. The summed E-state index contributed by atoms with van der Waals surface area (Å²) in [6, 6.07) is 8.19. The number of nitrogens with zero attached hydrogens (tertiary/aromatic N) is 2. The number of hydrogen-bond donors (Lipinski definition) is 0. The highest BCUT2D eigenvalue weighted by Gasteiger charge is 2.51. The summed E-state index contributed by atoms with van der Waals surface area (Å²) in [4.78, 5) is 29.6. The van der Waals surface area contributed by atoms with Crippen molar-refractivity contribution in [1.82, 2.24) is 4.90 Å². The fourth-order valence-electron chi connectivity index (χ4n) is 4.23. The molecule has 2 atom stereocenters. The highest BCUT2D eigenvalue weighted by molar-refractivity contribution is 6.01. The summed E-state index contributed by atoms with van der Waals surface area (Å²) < 4.78 is 0. The number of likely N-dealkylation sites (tertiary alicyclic amines) is 1. The maximum Gasteiger partial charge on any atom is 0.230 e. The lowest BCUT2D eigenvalue weighted by molar-refractivity contribution is -0.134. The van der Waals surface area contributed by atoms with E-state index in [1.54, 1.807) is 0 Å². The first-order chi connectivity index (χ1) is 11.8. The molecule has 2 aliphatic heterocycles. The number of para-hydroxylation sites is 1. The van der Waals surface area contributed by atoms with Crippen molar-refractivity contribution >= 4 is 17.5 Å². The molecule has 3 aliphatic rings. The minimum Gasteiger partial charge on any atom is -0.342 e. The van der Waals surface area contributed by atoms with Gasteiger partial charge in [0, 0.05) is 25.3 Å². The molecule has 4 nitrogen and oxygen atoms in total. The largest absolute Gasteiger partial charge is 0.342 e. The number of fused-ring (bicyclic) bond motifs is 1. The number of aryl methyl sites for hydroxylation is 1. The molecule has 4 rings (SSSR count). The third kappa shape index (κ3) is 2.94. The van der Waals surface area contributed by atoms with E-state index < -0.39 is 0 Å². The normalized spacial score (nSPS) is 26.5. The molecule has 1 saturated heterocycles. The Morgan fingerprint density at radius 1 is 0.833 bits per heavy atom. The molecule has 1 aliphatic carbocycles. The van der Waals surface area contributed by atoms with Crippen LogP contribution in [0.1, 0.15) is 44.1 Å². The second kappa shape index (κ2) is 6.58. The standard InChI is InChI=1S/C20H26N2O2/c23-19(21-11-5-1-2-6-12-21)16-14-17(16)20(24)22-13-7-9-15-8-3-4-10-18(15)22/h3-4,8,10,16-17H,1-2,5-7,9,11-14H2. The Morgan fingerprint density at radius 3 is 2.33 bits per heavy atom. The summed E-state index contributed by atoms with van der Waals surface area (Å²) in [5.74, 6) is 0.229. The molecule has 0 N–H and O–H groups in total. The lowest BCUT2D eigenvalue weighted by atomic mass is 10.0. The number of carbonyl (C=O) groups excluding carboxylic acids is 2. The molecular formula is C20H26N2O2. The van der Waals surface area contributed by atoms with Gasteiger partial charge in [0.2, 0.25) is 11.8 Å². The summed E-state index contributed by atoms with van der Waals surface area (Å²) in [5.41, 5.74) is 2.31. The summed E-state index contributed by atoms with van der Waals surface area (Å²) >= 11 is 0. The molecule has 1 aromatic carbocycles. The van der Waals surface area contributed by atoms with Crippen LogP contribution in [-0.2, 0) is 16.0 Å². The molecule has 2 heterocycles. The summed E-state index contributed by atoms with van der Waals surface area (Å²) in [6.07, 6.45) is 7.46. The SMILES string of the molecule is O=C(C1CC1C(=O)N1CCCc2ccccc21)N1CCCCCC1. The monoisotopic (exact) mass is 326 g/mol. The van der Waals surface area contributed by atoms with E-state index in [0.29, 0.717) is 0 Å². The zero-order chi connectivity index (χ0) is 16.5. The van der Waals surface area contributed by atoms with E-state index >= 15 is 0 Å². The molecule has 1 aromatic rings. The molecule has 2 fully saturated rings.